The summed E-state index contributed by atoms with van der Waals surface area (Å²) >= 11 is 2.19. The van der Waals surface area contributed by atoms with Crippen LogP contribution in [0, 0.1) is 3.57 Å². The topological polar surface area (TPSA) is 49.3 Å². The average Bonchev–Trinajstić information content (AvgIpc) is 2.04. The van der Waals surface area contributed by atoms with Crippen LogP contribution in [0.25, 0.3) is 0 Å². The summed E-state index contributed by atoms with van der Waals surface area (Å²) in [6.45, 7) is 0.981. The molecule has 1 atom stereocenters. The number of halogens is 1. The standard InChI is InChI=1S/C10H10INO2/c11-7-3-1-2-6(10(13)14)9(7)8-4-5-12-8/h1-3,8,12H,4-5H2,(H,13,14)/t8-/m1/s1. The highest BCUT2D eigenvalue weighted by Gasteiger charge is 2.25. The van der Waals surface area contributed by atoms with E-state index in [0.29, 0.717) is 5.56 Å². The number of carboxylic acid groups (broad SMARTS) is 1. The highest BCUT2D eigenvalue weighted by atomic mass is 127. The Hall–Kier alpha value is -0.620. The van der Waals surface area contributed by atoms with Gasteiger partial charge in [-0.05, 0) is 53.3 Å². The molecule has 1 heterocycles. The van der Waals surface area contributed by atoms with E-state index in [1.165, 1.54) is 0 Å². The lowest BCUT2D eigenvalue weighted by Crippen LogP contribution is -2.36. The van der Waals surface area contributed by atoms with Gasteiger partial charge in [-0.3, -0.25) is 0 Å². The van der Waals surface area contributed by atoms with Crippen molar-refractivity contribution in [1.82, 2.24) is 5.32 Å². The van der Waals surface area contributed by atoms with Gasteiger partial charge in [0.25, 0.3) is 0 Å². The maximum absolute atomic E-state index is 11.0. The van der Waals surface area contributed by atoms with Gasteiger partial charge in [0.05, 0.1) is 5.56 Å². The summed E-state index contributed by atoms with van der Waals surface area (Å²) in [5, 5.41) is 12.3. The molecule has 1 aliphatic heterocycles. The van der Waals surface area contributed by atoms with E-state index in [2.05, 4.69) is 27.9 Å². The van der Waals surface area contributed by atoms with Gasteiger partial charge < -0.3 is 10.4 Å². The minimum Gasteiger partial charge on any atom is -0.478 e. The molecule has 14 heavy (non-hydrogen) atoms. The number of carboxylic acids is 1. The van der Waals surface area contributed by atoms with E-state index in [4.69, 9.17) is 5.11 Å². The summed E-state index contributed by atoms with van der Waals surface area (Å²) in [4.78, 5) is 11.0. The summed E-state index contributed by atoms with van der Waals surface area (Å²) in [5.41, 5.74) is 1.36. The molecule has 74 valence electrons. The van der Waals surface area contributed by atoms with Crippen LogP contribution >= 0.6 is 22.6 Å². The first kappa shape index (κ1) is 9.92. The van der Waals surface area contributed by atoms with Crippen molar-refractivity contribution < 1.29 is 9.90 Å². The lowest BCUT2D eigenvalue weighted by Gasteiger charge is -2.30. The molecule has 0 amide bonds. The zero-order chi connectivity index (χ0) is 10.1. The van der Waals surface area contributed by atoms with Gasteiger partial charge in [0.2, 0.25) is 0 Å². The molecule has 0 aromatic heterocycles. The molecule has 3 nitrogen and oxygen atoms in total. The van der Waals surface area contributed by atoms with Crippen molar-refractivity contribution in [2.24, 2.45) is 0 Å². The number of aromatic carboxylic acids is 1. The summed E-state index contributed by atoms with van der Waals surface area (Å²) in [6.07, 6.45) is 1.03. The largest absolute Gasteiger partial charge is 0.478 e. The molecule has 1 saturated heterocycles. The van der Waals surface area contributed by atoms with Gasteiger partial charge in [0.15, 0.2) is 0 Å². The molecule has 0 saturated carbocycles. The van der Waals surface area contributed by atoms with Crippen LogP contribution in [0.2, 0.25) is 0 Å². The van der Waals surface area contributed by atoms with Crippen LogP contribution in [0.5, 0.6) is 0 Å². The second-order valence-corrected chi connectivity index (χ2v) is 4.46. The average molecular weight is 303 g/mol. The van der Waals surface area contributed by atoms with Crippen molar-refractivity contribution >= 4 is 28.6 Å². The Labute approximate surface area is 95.7 Å². The third-order valence-electron chi connectivity index (χ3n) is 2.46. The third kappa shape index (κ3) is 1.64. The first-order valence-electron chi connectivity index (χ1n) is 4.45. The number of nitrogens with one attached hydrogen (secondary N) is 1. The first-order valence-corrected chi connectivity index (χ1v) is 5.53. The molecule has 0 radical (unpaired) electrons. The molecule has 0 unspecified atom stereocenters. The van der Waals surface area contributed by atoms with Crippen molar-refractivity contribution in [3.05, 3.63) is 32.9 Å². The van der Waals surface area contributed by atoms with Crippen LogP contribution in [0.1, 0.15) is 28.4 Å². The monoisotopic (exact) mass is 303 g/mol. The van der Waals surface area contributed by atoms with E-state index in [-0.39, 0.29) is 6.04 Å². The first-order chi connectivity index (χ1) is 6.70. The van der Waals surface area contributed by atoms with Gasteiger partial charge in [-0.15, -0.1) is 0 Å². The predicted octanol–water partition coefficient (Wildman–Crippen LogP) is 2.02. The highest BCUT2D eigenvalue weighted by Crippen LogP contribution is 2.30. The quantitative estimate of drug-likeness (QED) is 0.822. The number of carbonyl (C=O) groups is 1. The van der Waals surface area contributed by atoms with Crippen LogP contribution in [0.15, 0.2) is 18.2 Å². The molecule has 1 aliphatic rings. The smallest absolute Gasteiger partial charge is 0.336 e. The van der Waals surface area contributed by atoms with E-state index < -0.39 is 5.97 Å². The fraction of sp³-hybridized carbons (Fsp3) is 0.300. The number of benzene rings is 1. The molecule has 0 bridgehead atoms. The maximum Gasteiger partial charge on any atom is 0.336 e. The Morgan fingerprint density at radius 2 is 2.29 bits per heavy atom. The SMILES string of the molecule is O=C(O)c1cccc(I)c1[C@H]1CCN1. The van der Waals surface area contributed by atoms with Crippen molar-refractivity contribution in [2.75, 3.05) is 6.54 Å². The Morgan fingerprint density at radius 3 is 2.79 bits per heavy atom. The minimum absolute atomic E-state index is 0.231. The highest BCUT2D eigenvalue weighted by molar-refractivity contribution is 14.1. The summed E-state index contributed by atoms with van der Waals surface area (Å²) in [7, 11) is 0. The second-order valence-electron chi connectivity index (χ2n) is 3.30. The predicted molar refractivity (Wildman–Crippen MR) is 61.5 cm³/mol. The molecule has 0 spiro atoms. The number of hydrogen-bond donors (Lipinski definition) is 2. The molecule has 4 heteroatoms. The second kappa shape index (κ2) is 3.86. The Morgan fingerprint density at radius 1 is 1.57 bits per heavy atom. The zero-order valence-corrected chi connectivity index (χ0v) is 9.61. The Bertz CT molecular complexity index is 374. The van der Waals surface area contributed by atoms with E-state index in [1.807, 2.05) is 6.07 Å². The zero-order valence-electron chi connectivity index (χ0n) is 7.46. The van der Waals surface area contributed by atoms with E-state index in [0.717, 1.165) is 22.1 Å². The van der Waals surface area contributed by atoms with Crippen LogP contribution in [-0.2, 0) is 0 Å². The molecule has 0 aliphatic carbocycles. The summed E-state index contributed by atoms with van der Waals surface area (Å²) in [5.74, 6) is -0.841. The minimum atomic E-state index is -0.841. The van der Waals surface area contributed by atoms with Crippen molar-refractivity contribution in [2.45, 2.75) is 12.5 Å². The van der Waals surface area contributed by atoms with Gasteiger partial charge in [0.1, 0.15) is 0 Å². The lowest BCUT2D eigenvalue weighted by molar-refractivity contribution is 0.0694. The molecule has 1 aromatic carbocycles. The van der Waals surface area contributed by atoms with Crippen LogP contribution in [0.3, 0.4) is 0 Å². The van der Waals surface area contributed by atoms with E-state index in [1.54, 1.807) is 12.1 Å². The Kier molecular flexibility index (Phi) is 2.73. The summed E-state index contributed by atoms with van der Waals surface area (Å²) in [6, 6.07) is 5.63. The van der Waals surface area contributed by atoms with Crippen molar-refractivity contribution in [3.63, 3.8) is 0 Å². The molecule has 2 rings (SSSR count). The third-order valence-corrected chi connectivity index (χ3v) is 3.40. The van der Waals surface area contributed by atoms with Crippen molar-refractivity contribution in [1.29, 1.82) is 0 Å². The molecular formula is C10H10INO2. The number of rotatable bonds is 2. The number of hydrogen-bond acceptors (Lipinski definition) is 2. The normalized spacial score (nSPS) is 20.2. The maximum atomic E-state index is 11.0. The van der Waals surface area contributed by atoms with Gasteiger partial charge in [-0.2, -0.15) is 0 Å². The van der Waals surface area contributed by atoms with Gasteiger partial charge in [0, 0.05) is 9.61 Å². The Balaban J connectivity index is 2.47. The molecule has 1 fully saturated rings. The van der Waals surface area contributed by atoms with Crippen LogP contribution in [0.4, 0.5) is 0 Å². The van der Waals surface area contributed by atoms with Crippen LogP contribution in [-0.4, -0.2) is 17.6 Å². The van der Waals surface area contributed by atoms with Crippen molar-refractivity contribution in [3.8, 4) is 0 Å². The van der Waals surface area contributed by atoms with Gasteiger partial charge >= 0.3 is 5.97 Å². The van der Waals surface area contributed by atoms with Gasteiger partial charge in [-0.25, -0.2) is 4.79 Å². The fourth-order valence-corrected chi connectivity index (χ4v) is 2.49. The lowest BCUT2D eigenvalue weighted by atomic mass is 9.93. The molecule has 1 aromatic rings. The molecule has 2 N–H and O–H groups in total. The van der Waals surface area contributed by atoms with E-state index in [9.17, 15) is 4.79 Å². The fourth-order valence-electron chi connectivity index (χ4n) is 1.61. The van der Waals surface area contributed by atoms with E-state index >= 15 is 0 Å². The van der Waals surface area contributed by atoms with Gasteiger partial charge in [-0.1, -0.05) is 6.07 Å². The molecular weight excluding hydrogens is 293 g/mol. The van der Waals surface area contributed by atoms with Crippen LogP contribution < -0.4 is 5.32 Å². The summed E-state index contributed by atoms with van der Waals surface area (Å²) < 4.78 is 1.03.